The Morgan fingerprint density at radius 2 is 2.26 bits per heavy atom. The van der Waals surface area contributed by atoms with E-state index in [0.29, 0.717) is 18.7 Å². The molecule has 0 bridgehead atoms. The van der Waals surface area contributed by atoms with E-state index in [2.05, 4.69) is 0 Å². The van der Waals surface area contributed by atoms with Crippen LogP contribution in [0.25, 0.3) is 0 Å². The van der Waals surface area contributed by atoms with Crippen molar-refractivity contribution in [1.29, 1.82) is 0 Å². The largest absolute Gasteiger partial charge is 0.326 e. The van der Waals surface area contributed by atoms with E-state index < -0.39 is 15.8 Å². The van der Waals surface area contributed by atoms with Crippen molar-refractivity contribution in [3.05, 3.63) is 29.6 Å². The molecule has 7 heteroatoms. The molecule has 1 aromatic rings. The van der Waals surface area contributed by atoms with Crippen LogP contribution in [-0.4, -0.2) is 36.8 Å². The highest BCUT2D eigenvalue weighted by Crippen LogP contribution is 2.26. The summed E-state index contributed by atoms with van der Waals surface area (Å²) in [5.41, 5.74) is 6.00. The van der Waals surface area contributed by atoms with Crippen molar-refractivity contribution < 1.29 is 12.8 Å². The van der Waals surface area contributed by atoms with E-state index in [1.54, 1.807) is 11.8 Å². The molecule has 1 unspecified atom stereocenters. The molecule has 2 rings (SSSR count). The zero-order valence-electron chi connectivity index (χ0n) is 10.7. The average molecular weight is 304 g/mol. The highest BCUT2D eigenvalue weighted by molar-refractivity contribution is 8.00. The normalized spacial score (nSPS) is 21.5. The van der Waals surface area contributed by atoms with Crippen molar-refractivity contribution in [3.63, 3.8) is 0 Å². The number of nitrogens with zero attached hydrogens (tertiary/aromatic N) is 1. The van der Waals surface area contributed by atoms with Gasteiger partial charge in [0.05, 0.1) is 4.90 Å². The molecule has 0 spiro atoms. The van der Waals surface area contributed by atoms with Crippen LogP contribution in [0.15, 0.2) is 23.1 Å². The molecule has 4 nitrogen and oxygen atoms in total. The van der Waals surface area contributed by atoms with Crippen LogP contribution in [0, 0.1) is 5.82 Å². The highest BCUT2D eigenvalue weighted by atomic mass is 32.2. The topological polar surface area (TPSA) is 63.4 Å². The molecule has 0 amide bonds. The lowest BCUT2D eigenvalue weighted by molar-refractivity contribution is 0.423. The lowest BCUT2D eigenvalue weighted by Gasteiger charge is -2.30. The molecule has 1 heterocycles. The van der Waals surface area contributed by atoms with Crippen molar-refractivity contribution in [3.8, 4) is 0 Å². The first-order valence-corrected chi connectivity index (χ1v) is 8.54. The van der Waals surface area contributed by atoms with Crippen molar-refractivity contribution in [2.75, 3.05) is 18.8 Å². The minimum absolute atomic E-state index is 0.00546. The van der Waals surface area contributed by atoms with Crippen LogP contribution >= 0.6 is 11.8 Å². The first-order valence-electron chi connectivity index (χ1n) is 6.05. The molecular weight excluding hydrogens is 287 g/mol. The smallest absolute Gasteiger partial charge is 0.243 e. The molecule has 106 valence electrons. The second-order valence-corrected chi connectivity index (χ2v) is 7.95. The van der Waals surface area contributed by atoms with Crippen molar-refractivity contribution in [2.45, 2.75) is 23.6 Å². The van der Waals surface area contributed by atoms with Crippen LogP contribution in [0.2, 0.25) is 0 Å². The Labute approximate surface area is 117 Å². The van der Waals surface area contributed by atoms with E-state index in [1.807, 2.05) is 6.92 Å². The van der Waals surface area contributed by atoms with Gasteiger partial charge in [-0.25, -0.2) is 12.8 Å². The minimum Gasteiger partial charge on any atom is -0.326 e. The molecule has 2 N–H and O–H groups in total. The molecule has 0 aliphatic carbocycles. The summed E-state index contributed by atoms with van der Waals surface area (Å²) in [6.45, 7) is 2.97. The van der Waals surface area contributed by atoms with E-state index >= 15 is 0 Å². The zero-order valence-corrected chi connectivity index (χ0v) is 12.3. The number of sulfonamides is 1. The number of hydrogen-bond acceptors (Lipinski definition) is 4. The van der Waals surface area contributed by atoms with Crippen molar-refractivity contribution >= 4 is 21.8 Å². The molecule has 1 aliphatic heterocycles. The lowest BCUT2D eigenvalue weighted by Crippen LogP contribution is -2.41. The third-order valence-corrected chi connectivity index (χ3v) is 6.15. The number of rotatable bonds is 3. The van der Waals surface area contributed by atoms with Gasteiger partial charge in [-0.3, -0.25) is 0 Å². The molecule has 0 saturated carbocycles. The molecule has 1 aromatic carbocycles. The van der Waals surface area contributed by atoms with Crippen LogP contribution in [0.5, 0.6) is 0 Å². The predicted octanol–water partition coefficient (Wildman–Crippen LogP) is 1.41. The zero-order chi connectivity index (χ0) is 14.0. The second kappa shape index (κ2) is 5.78. The average Bonchev–Trinajstić information content (AvgIpc) is 2.38. The predicted molar refractivity (Wildman–Crippen MR) is 75.0 cm³/mol. The summed E-state index contributed by atoms with van der Waals surface area (Å²) >= 11 is 1.74. The number of nitrogens with two attached hydrogens (primary N) is 1. The number of thioether (sulfide) groups is 1. The van der Waals surface area contributed by atoms with Gasteiger partial charge in [0.25, 0.3) is 0 Å². The third-order valence-electron chi connectivity index (χ3n) is 3.07. The fourth-order valence-corrected chi connectivity index (χ4v) is 5.08. The summed E-state index contributed by atoms with van der Waals surface area (Å²) in [5, 5.41) is 0.249. The maximum Gasteiger partial charge on any atom is 0.243 e. The molecular formula is C12H17FN2O2S2. The van der Waals surface area contributed by atoms with Crippen molar-refractivity contribution in [1.82, 2.24) is 4.31 Å². The van der Waals surface area contributed by atoms with Gasteiger partial charge in [0.2, 0.25) is 10.0 Å². The van der Waals surface area contributed by atoms with Crippen LogP contribution in [-0.2, 0) is 16.6 Å². The molecule has 1 aliphatic rings. The van der Waals surface area contributed by atoms with Gasteiger partial charge in [-0.05, 0) is 17.7 Å². The Bertz CT molecular complexity index is 563. The quantitative estimate of drug-likeness (QED) is 0.917. The Balaban J connectivity index is 2.41. The standard InChI is InChI=1S/C12H17FN2O2S2/c1-9-8-15(4-5-18-9)19(16,17)12-6-11(13)3-2-10(12)7-14/h2-3,6,9H,4-5,7-8,14H2,1H3. The maximum atomic E-state index is 13.3. The lowest BCUT2D eigenvalue weighted by atomic mass is 10.2. The summed E-state index contributed by atoms with van der Waals surface area (Å²) in [6.07, 6.45) is 0. The van der Waals surface area contributed by atoms with E-state index in [9.17, 15) is 12.8 Å². The first-order chi connectivity index (χ1) is 8.95. The Morgan fingerprint density at radius 3 is 2.89 bits per heavy atom. The number of halogens is 1. The van der Waals surface area contributed by atoms with Crippen LogP contribution < -0.4 is 5.73 Å². The SMILES string of the molecule is CC1CN(S(=O)(=O)c2cc(F)ccc2CN)CCS1. The Morgan fingerprint density at radius 1 is 1.53 bits per heavy atom. The second-order valence-electron chi connectivity index (χ2n) is 4.50. The van der Waals surface area contributed by atoms with Crippen LogP contribution in [0.1, 0.15) is 12.5 Å². The molecule has 19 heavy (non-hydrogen) atoms. The molecule has 1 fully saturated rings. The first kappa shape index (κ1) is 14.8. The summed E-state index contributed by atoms with van der Waals surface area (Å²) in [7, 11) is -3.66. The van der Waals surface area contributed by atoms with Crippen LogP contribution in [0.4, 0.5) is 4.39 Å². The van der Waals surface area contributed by atoms with Gasteiger partial charge in [0.1, 0.15) is 5.82 Å². The minimum atomic E-state index is -3.66. The molecule has 1 saturated heterocycles. The molecule has 0 radical (unpaired) electrons. The van der Waals surface area contributed by atoms with Crippen LogP contribution in [0.3, 0.4) is 0 Å². The van der Waals surface area contributed by atoms with Gasteiger partial charge in [0.15, 0.2) is 0 Å². The fraction of sp³-hybridized carbons (Fsp3) is 0.500. The third kappa shape index (κ3) is 3.10. The summed E-state index contributed by atoms with van der Waals surface area (Å²) in [5.74, 6) is 0.198. The fourth-order valence-electron chi connectivity index (χ4n) is 2.08. The van der Waals surface area contributed by atoms with E-state index in [1.165, 1.54) is 16.4 Å². The van der Waals surface area contributed by atoms with Gasteiger partial charge in [-0.2, -0.15) is 16.1 Å². The number of benzene rings is 1. The van der Waals surface area contributed by atoms with E-state index in [-0.39, 0.29) is 16.7 Å². The Hall–Kier alpha value is -0.630. The molecule has 0 aromatic heterocycles. The maximum absolute atomic E-state index is 13.3. The van der Waals surface area contributed by atoms with Gasteiger partial charge in [-0.15, -0.1) is 0 Å². The van der Waals surface area contributed by atoms with E-state index in [0.717, 1.165) is 11.8 Å². The van der Waals surface area contributed by atoms with E-state index in [4.69, 9.17) is 5.73 Å². The van der Waals surface area contributed by atoms with Gasteiger partial charge < -0.3 is 5.73 Å². The van der Waals surface area contributed by atoms with Gasteiger partial charge in [-0.1, -0.05) is 13.0 Å². The monoisotopic (exact) mass is 304 g/mol. The number of hydrogen-bond donors (Lipinski definition) is 1. The summed E-state index contributed by atoms with van der Waals surface area (Å²) < 4.78 is 39.9. The molecule has 1 atom stereocenters. The highest BCUT2D eigenvalue weighted by Gasteiger charge is 2.30. The summed E-state index contributed by atoms with van der Waals surface area (Å²) in [4.78, 5) is -0.00546. The van der Waals surface area contributed by atoms with Gasteiger partial charge >= 0.3 is 0 Å². The summed E-state index contributed by atoms with van der Waals surface area (Å²) in [6, 6.07) is 3.73. The van der Waals surface area contributed by atoms with Gasteiger partial charge in [0, 0.05) is 30.6 Å². The Kier molecular flexibility index (Phi) is 4.50. The van der Waals surface area contributed by atoms with Crippen molar-refractivity contribution in [2.24, 2.45) is 5.73 Å².